The van der Waals surface area contributed by atoms with E-state index in [2.05, 4.69) is 4.74 Å². The summed E-state index contributed by atoms with van der Waals surface area (Å²) in [5, 5.41) is 0. The van der Waals surface area contributed by atoms with Gasteiger partial charge in [-0.15, -0.1) is 12.4 Å². The Balaban J connectivity index is 0.00000180. The predicted octanol–water partition coefficient (Wildman–Crippen LogP) is 3.75. The Morgan fingerprint density at radius 3 is 2.11 bits per heavy atom. The molecule has 7 heteroatoms. The second-order valence-corrected chi connectivity index (χ2v) is 4.40. The molecule has 1 aliphatic carbocycles. The summed E-state index contributed by atoms with van der Waals surface area (Å²) < 4.78 is 53.1. The maximum absolute atomic E-state index is 12.6. The van der Waals surface area contributed by atoms with Gasteiger partial charge in [0.1, 0.15) is 5.75 Å². The van der Waals surface area contributed by atoms with Crippen LogP contribution in [0, 0.1) is 5.92 Å². The SMILES string of the molecule is Cl.N[C@@H](c1ccc(OC(F)(F)C(F)F)cc1)C1CC1. The Morgan fingerprint density at radius 1 is 1.16 bits per heavy atom. The molecule has 1 aromatic rings. The van der Waals surface area contributed by atoms with E-state index in [9.17, 15) is 17.6 Å². The molecule has 0 heterocycles. The highest BCUT2D eigenvalue weighted by Crippen LogP contribution is 2.39. The Morgan fingerprint density at radius 2 is 1.68 bits per heavy atom. The summed E-state index contributed by atoms with van der Waals surface area (Å²) in [6, 6.07) is 5.39. The van der Waals surface area contributed by atoms with Crippen LogP contribution >= 0.6 is 12.4 Å². The van der Waals surface area contributed by atoms with Crippen LogP contribution in [-0.2, 0) is 0 Å². The number of ether oxygens (including phenoxy) is 1. The van der Waals surface area contributed by atoms with Gasteiger partial charge in [-0.1, -0.05) is 12.1 Å². The maximum atomic E-state index is 12.6. The van der Waals surface area contributed by atoms with Crippen molar-refractivity contribution in [2.75, 3.05) is 0 Å². The Kier molecular flexibility index (Phi) is 5.04. The molecule has 0 radical (unpaired) electrons. The minimum atomic E-state index is -4.47. The molecule has 2 N–H and O–H groups in total. The third kappa shape index (κ3) is 3.98. The van der Waals surface area contributed by atoms with Gasteiger partial charge in [-0.2, -0.15) is 17.6 Å². The zero-order chi connectivity index (χ0) is 13.3. The molecular weight excluding hydrogens is 286 g/mol. The molecule has 0 amide bonds. The Hall–Kier alpha value is -1.01. The molecule has 1 atom stereocenters. The fourth-order valence-electron chi connectivity index (χ4n) is 1.69. The molecule has 0 unspecified atom stereocenters. The van der Waals surface area contributed by atoms with Crippen molar-refractivity contribution in [2.45, 2.75) is 31.4 Å². The summed E-state index contributed by atoms with van der Waals surface area (Å²) in [5.74, 6) is 0.131. The number of halogens is 5. The number of hydrogen-bond acceptors (Lipinski definition) is 2. The van der Waals surface area contributed by atoms with Crippen LogP contribution in [0.5, 0.6) is 5.75 Å². The number of nitrogens with two attached hydrogens (primary N) is 1. The van der Waals surface area contributed by atoms with Crippen molar-refractivity contribution in [1.82, 2.24) is 0 Å². The van der Waals surface area contributed by atoms with Crippen molar-refractivity contribution in [2.24, 2.45) is 11.7 Å². The first-order valence-electron chi connectivity index (χ1n) is 5.60. The van der Waals surface area contributed by atoms with E-state index in [0.29, 0.717) is 5.92 Å². The first kappa shape index (κ1) is 16.0. The van der Waals surface area contributed by atoms with Crippen LogP contribution in [0.1, 0.15) is 24.4 Å². The van der Waals surface area contributed by atoms with Crippen LogP contribution in [-0.4, -0.2) is 12.5 Å². The molecule has 0 aromatic heterocycles. The molecule has 0 spiro atoms. The minimum Gasteiger partial charge on any atom is -0.428 e. The number of benzene rings is 1. The second-order valence-electron chi connectivity index (χ2n) is 4.40. The van der Waals surface area contributed by atoms with Crippen LogP contribution in [0.15, 0.2) is 24.3 Å². The van der Waals surface area contributed by atoms with Gasteiger partial charge in [-0.05, 0) is 36.5 Å². The summed E-state index contributed by atoms with van der Waals surface area (Å²) in [4.78, 5) is 0. The van der Waals surface area contributed by atoms with Crippen molar-refractivity contribution in [1.29, 1.82) is 0 Å². The molecule has 2 nitrogen and oxygen atoms in total. The molecule has 1 aliphatic rings. The highest BCUT2D eigenvalue weighted by molar-refractivity contribution is 5.85. The van der Waals surface area contributed by atoms with Crippen molar-refractivity contribution in [3.63, 3.8) is 0 Å². The fourth-order valence-corrected chi connectivity index (χ4v) is 1.69. The predicted molar refractivity (Wildman–Crippen MR) is 64.9 cm³/mol. The molecule has 1 saturated carbocycles. The van der Waals surface area contributed by atoms with Crippen LogP contribution in [0.4, 0.5) is 17.6 Å². The summed E-state index contributed by atoms with van der Waals surface area (Å²) in [5.41, 5.74) is 6.71. The largest absolute Gasteiger partial charge is 0.461 e. The topological polar surface area (TPSA) is 35.2 Å². The van der Waals surface area contributed by atoms with Gasteiger partial charge >= 0.3 is 12.5 Å². The lowest BCUT2D eigenvalue weighted by Crippen LogP contribution is -2.33. The quantitative estimate of drug-likeness (QED) is 0.840. The van der Waals surface area contributed by atoms with E-state index in [-0.39, 0.29) is 24.2 Å². The minimum absolute atomic E-state index is 0. The number of rotatable bonds is 5. The zero-order valence-corrected chi connectivity index (χ0v) is 10.7. The van der Waals surface area contributed by atoms with E-state index >= 15 is 0 Å². The van der Waals surface area contributed by atoms with Gasteiger partial charge in [0.15, 0.2) is 0 Å². The first-order chi connectivity index (χ1) is 8.40. The number of alkyl halides is 4. The molecule has 19 heavy (non-hydrogen) atoms. The lowest BCUT2D eigenvalue weighted by Gasteiger charge is -2.17. The average Bonchev–Trinajstić information content (AvgIpc) is 3.12. The third-order valence-corrected chi connectivity index (χ3v) is 2.90. The highest BCUT2D eigenvalue weighted by Gasteiger charge is 2.44. The van der Waals surface area contributed by atoms with Crippen LogP contribution in [0.2, 0.25) is 0 Å². The molecule has 0 bridgehead atoms. The third-order valence-electron chi connectivity index (χ3n) is 2.90. The fraction of sp³-hybridized carbons (Fsp3) is 0.500. The van der Waals surface area contributed by atoms with Crippen molar-refractivity contribution in [3.8, 4) is 5.75 Å². The monoisotopic (exact) mass is 299 g/mol. The lowest BCUT2D eigenvalue weighted by molar-refractivity contribution is -0.253. The highest BCUT2D eigenvalue weighted by atomic mass is 35.5. The molecular formula is C12H14ClF4NO. The van der Waals surface area contributed by atoms with Crippen molar-refractivity contribution < 1.29 is 22.3 Å². The Bertz CT molecular complexity index is 409. The lowest BCUT2D eigenvalue weighted by atomic mass is 10.0. The summed E-state index contributed by atoms with van der Waals surface area (Å²) >= 11 is 0. The summed E-state index contributed by atoms with van der Waals surface area (Å²) in [6.07, 6.45) is -6.21. The van der Waals surface area contributed by atoms with E-state index < -0.39 is 12.5 Å². The van der Waals surface area contributed by atoms with Crippen molar-refractivity contribution in [3.05, 3.63) is 29.8 Å². The van der Waals surface area contributed by atoms with Gasteiger partial charge in [-0.25, -0.2) is 0 Å². The van der Waals surface area contributed by atoms with Gasteiger partial charge < -0.3 is 10.5 Å². The normalized spacial score (nSPS) is 16.9. The van der Waals surface area contributed by atoms with Gasteiger partial charge in [0, 0.05) is 6.04 Å². The van der Waals surface area contributed by atoms with Crippen LogP contribution < -0.4 is 10.5 Å². The molecule has 1 aromatic carbocycles. The molecule has 0 aliphatic heterocycles. The van der Waals surface area contributed by atoms with E-state index in [1.165, 1.54) is 24.3 Å². The molecule has 1 fully saturated rings. The summed E-state index contributed by atoms with van der Waals surface area (Å²) in [6.45, 7) is 0. The Labute approximate surface area is 114 Å². The van der Waals surface area contributed by atoms with Gasteiger partial charge in [0.05, 0.1) is 0 Å². The van der Waals surface area contributed by atoms with E-state index in [4.69, 9.17) is 5.73 Å². The standard InChI is InChI=1S/C12H13F4NO.ClH/c13-11(14)12(15,16)18-9-5-3-8(4-6-9)10(17)7-1-2-7;/h3-7,10-11H,1-2,17H2;1H/t10-;/m1./s1. The van der Waals surface area contributed by atoms with E-state index in [1.54, 1.807) is 0 Å². The van der Waals surface area contributed by atoms with Crippen molar-refractivity contribution >= 4 is 12.4 Å². The molecule has 2 rings (SSSR count). The molecule has 108 valence electrons. The van der Waals surface area contributed by atoms with Gasteiger partial charge in [0.2, 0.25) is 0 Å². The van der Waals surface area contributed by atoms with Gasteiger partial charge in [0.25, 0.3) is 0 Å². The van der Waals surface area contributed by atoms with Gasteiger partial charge in [-0.3, -0.25) is 0 Å². The average molecular weight is 300 g/mol. The number of hydrogen-bond donors (Lipinski definition) is 1. The van der Waals surface area contributed by atoms with Crippen LogP contribution in [0.25, 0.3) is 0 Å². The maximum Gasteiger partial charge on any atom is 0.461 e. The van der Waals surface area contributed by atoms with Crippen LogP contribution in [0.3, 0.4) is 0 Å². The smallest absolute Gasteiger partial charge is 0.428 e. The van der Waals surface area contributed by atoms with E-state index in [0.717, 1.165) is 18.4 Å². The molecule has 0 saturated heterocycles. The summed E-state index contributed by atoms with van der Waals surface area (Å²) in [7, 11) is 0. The zero-order valence-electron chi connectivity index (χ0n) is 9.86. The van der Waals surface area contributed by atoms with E-state index in [1.807, 2.05) is 0 Å². The second kappa shape index (κ2) is 5.96. The first-order valence-corrected chi connectivity index (χ1v) is 5.60.